The number of hydrogen-bond donors (Lipinski definition) is 1. The Morgan fingerprint density at radius 3 is 2.56 bits per heavy atom. The zero-order chi connectivity index (χ0) is 11.4. The normalized spacial score (nSPS) is 26.6. The second-order valence-corrected chi connectivity index (χ2v) is 5.57. The van der Waals surface area contributed by atoms with E-state index in [1.54, 1.807) is 0 Å². The van der Waals surface area contributed by atoms with E-state index in [4.69, 9.17) is 9.84 Å². The fourth-order valence-corrected chi connectivity index (χ4v) is 3.12. The maximum Gasteiger partial charge on any atom is 0.0472 e. The minimum Gasteiger partial charge on any atom is -0.396 e. The standard InChI is InChI=1S/C13H25NO2/c1-2-12(3-6-15)9-14-10-13(11-14)4-7-16-8-5-13/h12,15H,2-11H2,1H3. The topological polar surface area (TPSA) is 32.7 Å². The van der Waals surface area contributed by atoms with Crippen molar-refractivity contribution in [3.05, 3.63) is 0 Å². The first-order valence-electron chi connectivity index (χ1n) is 6.69. The number of aliphatic hydroxyl groups is 1. The van der Waals surface area contributed by atoms with Crippen molar-refractivity contribution >= 4 is 0 Å². The summed E-state index contributed by atoms with van der Waals surface area (Å²) in [4.78, 5) is 2.56. The van der Waals surface area contributed by atoms with Crippen LogP contribution in [0.4, 0.5) is 0 Å². The van der Waals surface area contributed by atoms with Gasteiger partial charge in [-0.1, -0.05) is 13.3 Å². The first-order valence-corrected chi connectivity index (χ1v) is 6.69. The fourth-order valence-electron chi connectivity index (χ4n) is 3.12. The summed E-state index contributed by atoms with van der Waals surface area (Å²) in [6, 6.07) is 0. The van der Waals surface area contributed by atoms with Gasteiger partial charge in [-0.05, 0) is 25.2 Å². The molecule has 1 spiro atoms. The molecule has 2 saturated heterocycles. The Morgan fingerprint density at radius 1 is 1.31 bits per heavy atom. The predicted octanol–water partition coefficient (Wildman–Crippen LogP) is 1.51. The Balaban J connectivity index is 1.70. The van der Waals surface area contributed by atoms with E-state index in [-0.39, 0.29) is 0 Å². The smallest absolute Gasteiger partial charge is 0.0472 e. The molecule has 0 aliphatic carbocycles. The molecule has 1 atom stereocenters. The summed E-state index contributed by atoms with van der Waals surface area (Å²) in [5.41, 5.74) is 0.593. The lowest BCUT2D eigenvalue weighted by molar-refractivity contribution is -0.0858. The summed E-state index contributed by atoms with van der Waals surface area (Å²) in [6.07, 6.45) is 4.65. The molecule has 94 valence electrons. The second-order valence-electron chi connectivity index (χ2n) is 5.57. The third-order valence-electron chi connectivity index (χ3n) is 4.30. The van der Waals surface area contributed by atoms with E-state index < -0.39 is 0 Å². The summed E-state index contributed by atoms with van der Waals surface area (Å²) in [7, 11) is 0. The number of rotatable bonds is 5. The molecule has 2 fully saturated rings. The zero-order valence-corrected chi connectivity index (χ0v) is 10.5. The van der Waals surface area contributed by atoms with Crippen LogP contribution in [0.2, 0.25) is 0 Å². The molecule has 1 N–H and O–H groups in total. The van der Waals surface area contributed by atoms with Crippen LogP contribution in [0, 0.1) is 11.3 Å². The van der Waals surface area contributed by atoms with Crippen LogP contribution in [0.1, 0.15) is 32.6 Å². The van der Waals surface area contributed by atoms with Gasteiger partial charge in [0.25, 0.3) is 0 Å². The summed E-state index contributed by atoms with van der Waals surface area (Å²) >= 11 is 0. The zero-order valence-electron chi connectivity index (χ0n) is 10.5. The third-order valence-corrected chi connectivity index (χ3v) is 4.30. The number of aliphatic hydroxyl groups excluding tert-OH is 1. The van der Waals surface area contributed by atoms with E-state index in [0.717, 1.165) is 19.6 Å². The van der Waals surface area contributed by atoms with Crippen LogP contribution in [-0.2, 0) is 4.74 Å². The maximum atomic E-state index is 8.98. The number of ether oxygens (including phenoxy) is 1. The highest BCUT2D eigenvalue weighted by Crippen LogP contribution is 2.40. The van der Waals surface area contributed by atoms with E-state index >= 15 is 0 Å². The number of nitrogens with zero attached hydrogens (tertiary/aromatic N) is 1. The van der Waals surface area contributed by atoms with Crippen LogP contribution in [0.3, 0.4) is 0 Å². The Labute approximate surface area is 98.8 Å². The monoisotopic (exact) mass is 227 g/mol. The van der Waals surface area contributed by atoms with Crippen molar-refractivity contribution in [2.75, 3.05) is 39.5 Å². The predicted molar refractivity (Wildman–Crippen MR) is 64.4 cm³/mol. The van der Waals surface area contributed by atoms with Gasteiger partial charge in [0.1, 0.15) is 0 Å². The van der Waals surface area contributed by atoms with Gasteiger partial charge in [-0.3, -0.25) is 0 Å². The first kappa shape index (κ1) is 12.3. The third kappa shape index (κ3) is 2.76. The van der Waals surface area contributed by atoms with E-state index in [2.05, 4.69) is 11.8 Å². The minimum atomic E-state index is 0.339. The molecule has 2 aliphatic rings. The quantitative estimate of drug-likeness (QED) is 0.772. The molecular formula is C13H25NO2. The van der Waals surface area contributed by atoms with Crippen molar-refractivity contribution in [3.63, 3.8) is 0 Å². The average Bonchev–Trinajstić information content (AvgIpc) is 2.27. The summed E-state index contributed by atoms with van der Waals surface area (Å²) in [5.74, 6) is 0.683. The van der Waals surface area contributed by atoms with Crippen molar-refractivity contribution in [2.45, 2.75) is 32.6 Å². The van der Waals surface area contributed by atoms with Crippen LogP contribution in [0.15, 0.2) is 0 Å². The summed E-state index contributed by atoms with van der Waals surface area (Å²) in [5, 5.41) is 8.98. The molecule has 0 amide bonds. The first-order chi connectivity index (χ1) is 7.78. The lowest BCUT2D eigenvalue weighted by atomic mass is 9.73. The highest BCUT2D eigenvalue weighted by molar-refractivity contribution is 4.96. The molecule has 1 unspecified atom stereocenters. The van der Waals surface area contributed by atoms with Gasteiger partial charge in [0, 0.05) is 44.9 Å². The van der Waals surface area contributed by atoms with Gasteiger partial charge in [0.2, 0.25) is 0 Å². The van der Waals surface area contributed by atoms with Crippen LogP contribution in [-0.4, -0.2) is 49.5 Å². The molecule has 0 bridgehead atoms. The molecule has 0 saturated carbocycles. The molecule has 3 nitrogen and oxygen atoms in total. The maximum absolute atomic E-state index is 8.98. The van der Waals surface area contributed by atoms with Crippen molar-refractivity contribution < 1.29 is 9.84 Å². The molecule has 0 aromatic rings. The van der Waals surface area contributed by atoms with E-state index in [9.17, 15) is 0 Å². The van der Waals surface area contributed by atoms with Crippen molar-refractivity contribution in [3.8, 4) is 0 Å². The molecule has 0 aromatic heterocycles. The Bertz CT molecular complexity index is 203. The Morgan fingerprint density at radius 2 is 2.00 bits per heavy atom. The lowest BCUT2D eigenvalue weighted by Gasteiger charge is -2.53. The number of likely N-dealkylation sites (tertiary alicyclic amines) is 1. The van der Waals surface area contributed by atoms with Gasteiger partial charge in [-0.25, -0.2) is 0 Å². The summed E-state index contributed by atoms with van der Waals surface area (Å²) in [6.45, 7) is 8.19. The van der Waals surface area contributed by atoms with Gasteiger partial charge >= 0.3 is 0 Å². The van der Waals surface area contributed by atoms with Gasteiger partial charge in [0.15, 0.2) is 0 Å². The van der Waals surface area contributed by atoms with E-state index in [1.165, 1.54) is 38.9 Å². The van der Waals surface area contributed by atoms with Crippen molar-refractivity contribution in [1.82, 2.24) is 4.90 Å². The molecule has 2 heterocycles. The molecule has 2 rings (SSSR count). The Kier molecular flexibility index (Phi) is 4.22. The molecule has 2 aliphatic heterocycles. The second kappa shape index (κ2) is 5.48. The van der Waals surface area contributed by atoms with Gasteiger partial charge in [-0.2, -0.15) is 0 Å². The van der Waals surface area contributed by atoms with Crippen molar-refractivity contribution in [1.29, 1.82) is 0 Å². The van der Waals surface area contributed by atoms with E-state index in [0.29, 0.717) is 17.9 Å². The molecule has 0 radical (unpaired) electrons. The van der Waals surface area contributed by atoms with Crippen LogP contribution >= 0.6 is 0 Å². The van der Waals surface area contributed by atoms with Crippen LogP contribution < -0.4 is 0 Å². The lowest BCUT2D eigenvalue weighted by Crippen LogP contribution is -2.59. The fraction of sp³-hybridized carbons (Fsp3) is 1.00. The van der Waals surface area contributed by atoms with Gasteiger partial charge < -0.3 is 14.7 Å². The highest BCUT2D eigenvalue weighted by Gasteiger charge is 2.43. The van der Waals surface area contributed by atoms with Crippen LogP contribution in [0.25, 0.3) is 0 Å². The van der Waals surface area contributed by atoms with Crippen molar-refractivity contribution in [2.24, 2.45) is 11.3 Å². The minimum absolute atomic E-state index is 0.339. The highest BCUT2D eigenvalue weighted by atomic mass is 16.5. The van der Waals surface area contributed by atoms with E-state index in [1.807, 2.05) is 0 Å². The number of hydrogen-bond acceptors (Lipinski definition) is 3. The molecular weight excluding hydrogens is 202 g/mol. The average molecular weight is 227 g/mol. The molecule has 3 heteroatoms. The van der Waals surface area contributed by atoms with Crippen LogP contribution in [0.5, 0.6) is 0 Å². The SMILES string of the molecule is CCC(CCO)CN1CC2(CCOCC2)C1. The van der Waals surface area contributed by atoms with Gasteiger partial charge in [-0.15, -0.1) is 0 Å². The molecule has 16 heavy (non-hydrogen) atoms. The summed E-state index contributed by atoms with van der Waals surface area (Å²) < 4.78 is 5.43. The molecule has 0 aromatic carbocycles. The largest absolute Gasteiger partial charge is 0.396 e. The van der Waals surface area contributed by atoms with Gasteiger partial charge in [0.05, 0.1) is 0 Å². The Hall–Kier alpha value is -0.120.